The Hall–Kier alpha value is -3.03. The van der Waals surface area contributed by atoms with Gasteiger partial charge >= 0.3 is 0 Å². The first-order chi connectivity index (χ1) is 14.6. The van der Waals surface area contributed by atoms with Gasteiger partial charge in [0.2, 0.25) is 5.91 Å². The van der Waals surface area contributed by atoms with Crippen LogP contribution in [0.4, 0.5) is 5.69 Å². The second-order valence-corrected chi connectivity index (χ2v) is 8.01. The fourth-order valence-corrected chi connectivity index (χ4v) is 3.85. The van der Waals surface area contributed by atoms with Gasteiger partial charge in [-0.15, -0.1) is 10.2 Å². The van der Waals surface area contributed by atoms with E-state index in [9.17, 15) is 4.79 Å². The Morgan fingerprint density at radius 3 is 2.73 bits per heavy atom. The molecule has 0 fully saturated rings. The first kappa shape index (κ1) is 20.3. The van der Waals surface area contributed by atoms with Gasteiger partial charge in [-0.25, -0.2) is 0 Å². The van der Waals surface area contributed by atoms with E-state index in [4.69, 9.17) is 16.0 Å². The Kier molecular flexibility index (Phi) is 6.21. The molecule has 152 valence electrons. The number of hydrogen-bond acceptors (Lipinski definition) is 5. The molecule has 0 aliphatic heterocycles. The zero-order valence-corrected chi connectivity index (χ0v) is 17.8. The number of nitrogens with one attached hydrogen (secondary N) is 1. The molecule has 30 heavy (non-hydrogen) atoms. The fourth-order valence-electron chi connectivity index (χ4n) is 2.94. The number of halogens is 1. The highest BCUT2D eigenvalue weighted by molar-refractivity contribution is 7.99. The molecular weight excluding hydrogens is 420 g/mol. The SMILES string of the molecule is Cc1ccc(Cl)cc1NC(=O)CSc1nnc(-c2ccccc2)n1Cc1ccco1. The van der Waals surface area contributed by atoms with E-state index < -0.39 is 0 Å². The van der Waals surface area contributed by atoms with Crippen LogP contribution in [0.15, 0.2) is 76.5 Å². The van der Waals surface area contributed by atoms with Crippen molar-refractivity contribution in [3.63, 3.8) is 0 Å². The minimum Gasteiger partial charge on any atom is -0.467 e. The van der Waals surface area contributed by atoms with E-state index >= 15 is 0 Å². The summed E-state index contributed by atoms with van der Waals surface area (Å²) in [7, 11) is 0. The lowest BCUT2D eigenvalue weighted by Gasteiger charge is -2.10. The van der Waals surface area contributed by atoms with Crippen LogP contribution in [0.3, 0.4) is 0 Å². The first-order valence-electron chi connectivity index (χ1n) is 9.30. The summed E-state index contributed by atoms with van der Waals surface area (Å²) in [6.07, 6.45) is 1.63. The van der Waals surface area contributed by atoms with E-state index in [0.717, 1.165) is 22.7 Å². The van der Waals surface area contributed by atoms with Gasteiger partial charge in [-0.05, 0) is 36.8 Å². The molecule has 1 N–H and O–H groups in total. The maximum Gasteiger partial charge on any atom is 0.234 e. The number of carbonyl (C=O) groups is 1. The lowest BCUT2D eigenvalue weighted by atomic mass is 10.2. The lowest BCUT2D eigenvalue weighted by molar-refractivity contribution is -0.113. The molecule has 2 aromatic carbocycles. The van der Waals surface area contributed by atoms with Crippen LogP contribution in [0.25, 0.3) is 11.4 Å². The average molecular weight is 439 g/mol. The van der Waals surface area contributed by atoms with Crippen molar-refractivity contribution in [2.45, 2.75) is 18.6 Å². The van der Waals surface area contributed by atoms with Crippen molar-refractivity contribution >= 4 is 35.0 Å². The van der Waals surface area contributed by atoms with Crippen molar-refractivity contribution in [1.29, 1.82) is 0 Å². The monoisotopic (exact) mass is 438 g/mol. The standard InChI is InChI=1S/C22H19ClN4O2S/c1-15-9-10-17(23)12-19(15)24-20(28)14-30-22-26-25-21(16-6-3-2-4-7-16)27(22)13-18-8-5-11-29-18/h2-12H,13-14H2,1H3,(H,24,28). The molecule has 0 aliphatic carbocycles. The van der Waals surface area contributed by atoms with E-state index in [-0.39, 0.29) is 11.7 Å². The first-order valence-corrected chi connectivity index (χ1v) is 10.7. The average Bonchev–Trinajstić information content (AvgIpc) is 3.40. The summed E-state index contributed by atoms with van der Waals surface area (Å²) in [5, 5.41) is 12.8. The van der Waals surface area contributed by atoms with Crippen LogP contribution in [0, 0.1) is 6.92 Å². The summed E-state index contributed by atoms with van der Waals surface area (Å²) < 4.78 is 7.46. The quantitative estimate of drug-likeness (QED) is 0.397. The lowest BCUT2D eigenvalue weighted by Crippen LogP contribution is -2.15. The summed E-state index contributed by atoms with van der Waals surface area (Å²) in [5.74, 6) is 1.56. The zero-order chi connectivity index (χ0) is 20.9. The minimum atomic E-state index is -0.140. The molecule has 0 saturated carbocycles. The van der Waals surface area contributed by atoms with Crippen LogP contribution in [0.1, 0.15) is 11.3 Å². The van der Waals surface area contributed by atoms with Crippen molar-refractivity contribution in [3.05, 3.63) is 83.3 Å². The number of anilines is 1. The van der Waals surface area contributed by atoms with Gasteiger partial charge in [0.1, 0.15) is 5.76 Å². The molecule has 0 radical (unpaired) electrons. The number of rotatable bonds is 7. The zero-order valence-electron chi connectivity index (χ0n) is 16.2. The summed E-state index contributed by atoms with van der Waals surface area (Å²) >= 11 is 7.36. The topological polar surface area (TPSA) is 73.0 Å². The highest BCUT2D eigenvalue weighted by Crippen LogP contribution is 2.26. The van der Waals surface area contributed by atoms with Crippen LogP contribution < -0.4 is 5.32 Å². The normalized spacial score (nSPS) is 10.9. The largest absolute Gasteiger partial charge is 0.467 e. The van der Waals surface area contributed by atoms with Gasteiger partial charge in [0, 0.05) is 16.3 Å². The molecule has 0 atom stereocenters. The number of aryl methyl sites for hydroxylation is 1. The highest BCUT2D eigenvalue weighted by atomic mass is 35.5. The number of hydrogen-bond donors (Lipinski definition) is 1. The number of thioether (sulfide) groups is 1. The Morgan fingerprint density at radius 1 is 1.13 bits per heavy atom. The third-order valence-corrected chi connectivity index (χ3v) is 5.65. The number of benzene rings is 2. The Balaban J connectivity index is 1.52. The minimum absolute atomic E-state index is 0.140. The van der Waals surface area contributed by atoms with Gasteiger partial charge in [-0.2, -0.15) is 0 Å². The molecule has 0 unspecified atom stereocenters. The maximum atomic E-state index is 12.5. The summed E-state index contributed by atoms with van der Waals surface area (Å²) in [6.45, 7) is 2.40. The predicted molar refractivity (Wildman–Crippen MR) is 119 cm³/mol. The van der Waals surface area contributed by atoms with E-state index in [1.165, 1.54) is 11.8 Å². The second-order valence-electron chi connectivity index (χ2n) is 6.63. The number of carbonyl (C=O) groups excluding carboxylic acids is 1. The molecule has 2 heterocycles. The number of nitrogens with zero attached hydrogens (tertiary/aromatic N) is 3. The third-order valence-electron chi connectivity index (χ3n) is 4.45. The van der Waals surface area contributed by atoms with Gasteiger partial charge in [0.25, 0.3) is 0 Å². The molecular formula is C22H19ClN4O2S. The second kappa shape index (κ2) is 9.19. The molecule has 4 rings (SSSR count). The molecule has 8 heteroatoms. The summed E-state index contributed by atoms with van der Waals surface area (Å²) in [6, 6.07) is 19.0. The molecule has 0 aliphatic rings. The van der Waals surface area contributed by atoms with Gasteiger partial charge < -0.3 is 9.73 Å². The maximum absolute atomic E-state index is 12.5. The van der Waals surface area contributed by atoms with E-state index in [2.05, 4.69) is 15.5 Å². The molecule has 0 bridgehead atoms. The Bertz CT molecular complexity index is 1140. The number of furan rings is 1. The van der Waals surface area contributed by atoms with Crippen molar-refractivity contribution in [2.24, 2.45) is 0 Å². The predicted octanol–water partition coefficient (Wildman–Crippen LogP) is 5.28. The Morgan fingerprint density at radius 2 is 1.97 bits per heavy atom. The molecule has 1 amide bonds. The van der Waals surface area contributed by atoms with E-state index in [0.29, 0.717) is 22.4 Å². The highest BCUT2D eigenvalue weighted by Gasteiger charge is 2.17. The third kappa shape index (κ3) is 4.75. The van der Waals surface area contributed by atoms with Crippen LogP contribution in [-0.2, 0) is 11.3 Å². The van der Waals surface area contributed by atoms with Crippen molar-refractivity contribution in [3.8, 4) is 11.4 Å². The van der Waals surface area contributed by atoms with Crippen molar-refractivity contribution in [1.82, 2.24) is 14.8 Å². The molecule has 0 spiro atoms. The van der Waals surface area contributed by atoms with E-state index in [1.807, 2.05) is 60.0 Å². The van der Waals surface area contributed by atoms with Crippen LogP contribution >= 0.6 is 23.4 Å². The summed E-state index contributed by atoms with van der Waals surface area (Å²) in [4.78, 5) is 12.5. The number of amides is 1. The van der Waals surface area contributed by atoms with Gasteiger partial charge in [-0.1, -0.05) is 59.8 Å². The van der Waals surface area contributed by atoms with Crippen molar-refractivity contribution in [2.75, 3.05) is 11.1 Å². The van der Waals surface area contributed by atoms with Crippen LogP contribution in [0.5, 0.6) is 0 Å². The molecule has 4 aromatic rings. The van der Waals surface area contributed by atoms with Crippen LogP contribution in [0.2, 0.25) is 5.02 Å². The van der Waals surface area contributed by atoms with Gasteiger partial charge in [0.15, 0.2) is 11.0 Å². The molecule has 0 saturated heterocycles. The molecule has 2 aromatic heterocycles. The van der Waals surface area contributed by atoms with E-state index in [1.54, 1.807) is 18.4 Å². The van der Waals surface area contributed by atoms with Crippen molar-refractivity contribution < 1.29 is 9.21 Å². The number of aromatic nitrogens is 3. The van der Waals surface area contributed by atoms with Crippen LogP contribution in [-0.4, -0.2) is 26.4 Å². The van der Waals surface area contributed by atoms with Gasteiger partial charge in [-0.3, -0.25) is 9.36 Å². The Labute approximate surface area is 183 Å². The summed E-state index contributed by atoms with van der Waals surface area (Å²) in [5.41, 5.74) is 2.60. The van der Waals surface area contributed by atoms with Gasteiger partial charge in [0.05, 0.1) is 18.6 Å². The smallest absolute Gasteiger partial charge is 0.234 e. The molecule has 6 nitrogen and oxygen atoms in total. The fraction of sp³-hybridized carbons (Fsp3) is 0.136.